The fourth-order valence-electron chi connectivity index (χ4n) is 4.59. The Hall–Kier alpha value is 0.480. The van der Waals surface area contributed by atoms with E-state index in [2.05, 4.69) is 22.9 Å². The van der Waals surface area contributed by atoms with Crippen LogP contribution in [0.15, 0.2) is 0 Å². The predicted octanol–water partition coefficient (Wildman–Crippen LogP) is 4.23. The Morgan fingerprint density at radius 3 is 2.64 bits per heavy atom. The molecule has 0 aromatic carbocycles. The van der Waals surface area contributed by atoms with E-state index in [0.29, 0.717) is 0 Å². The molecule has 0 radical (unpaired) electrons. The SMILES string of the molecule is C[C@H]1CC2CC3CCCC3C(Br)C2C1. The van der Waals surface area contributed by atoms with Gasteiger partial charge in [0.2, 0.25) is 0 Å². The van der Waals surface area contributed by atoms with Crippen molar-refractivity contribution in [3.63, 3.8) is 0 Å². The maximum Gasteiger partial charge on any atom is 0.0207 e. The quantitative estimate of drug-likeness (QED) is 0.569. The molecule has 3 aliphatic carbocycles. The molecule has 0 saturated heterocycles. The molecule has 80 valence electrons. The minimum atomic E-state index is 0.874. The first-order valence-corrected chi connectivity index (χ1v) is 7.31. The third kappa shape index (κ3) is 1.38. The lowest BCUT2D eigenvalue weighted by Gasteiger charge is -2.39. The zero-order chi connectivity index (χ0) is 9.71. The second-order valence-corrected chi connectivity index (χ2v) is 7.09. The Labute approximate surface area is 96.0 Å². The van der Waals surface area contributed by atoms with Crippen molar-refractivity contribution < 1.29 is 0 Å². The molecule has 0 aromatic heterocycles. The molecule has 0 aliphatic heterocycles. The van der Waals surface area contributed by atoms with Crippen molar-refractivity contribution in [3.05, 3.63) is 0 Å². The molecule has 5 unspecified atom stereocenters. The summed E-state index contributed by atoms with van der Waals surface area (Å²) in [6.45, 7) is 2.45. The van der Waals surface area contributed by atoms with Gasteiger partial charge in [-0.05, 0) is 55.3 Å². The summed E-state index contributed by atoms with van der Waals surface area (Å²) < 4.78 is 0. The molecule has 3 fully saturated rings. The Balaban J connectivity index is 1.80. The van der Waals surface area contributed by atoms with E-state index in [1.54, 1.807) is 6.42 Å². The molecule has 0 heterocycles. The van der Waals surface area contributed by atoms with Gasteiger partial charge in [0.05, 0.1) is 0 Å². The molecule has 0 spiro atoms. The number of hydrogen-bond acceptors (Lipinski definition) is 0. The smallest absolute Gasteiger partial charge is 0.0207 e. The summed E-state index contributed by atoms with van der Waals surface area (Å²) in [4.78, 5) is 0.874. The molecule has 0 bridgehead atoms. The zero-order valence-corrected chi connectivity index (χ0v) is 10.7. The summed E-state index contributed by atoms with van der Waals surface area (Å²) in [5.74, 6) is 5.24. The maximum atomic E-state index is 4.03. The standard InChI is InChI=1S/C13H21Br/c1-8-5-10-7-9-3-2-4-11(9)13(14)12(10)6-8/h8-13H,2-7H2,1H3/t8-,9?,10?,11?,12?,13?/m0/s1. The minimum absolute atomic E-state index is 0.874. The number of rotatable bonds is 0. The van der Waals surface area contributed by atoms with E-state index >= 15 is 0 Å². The number of hydrogen-bond donors (Lipinski definition) is 0. The first-order chi connectivity index (χ1) is 6.75. The molecule has 6 atom stereocenters. The average molecular weight is 257 g/mol. The van der Waals surface area contributed by atoms with Gasteiger partial charge < -0.3 is 0 Å². The van der Waals surface area contributed by atoms with Gasteiger partial charge in [0, 0.05) is 4.83 Å². The van der Waals surface area contributed by atoms with Gasteiger partial charge in [0.15, 0.2) is 0 Å². The van der Waals surface area contributed by atoms with Crippen LogP contribution in [0.1, 0.15) is 45.4 Å². The third-order valence-electron chi connectivity index (χ3n) is 5.13. The summed E-state index contributed by atoms with van der Waals surface area (Å²) in [6.07, 6.45) is 9.15. The highest BCUT2D eigenvalue weighted by molar-refractivity contribution is 9.09. The van der Waals surface area contributed by atoms with Crippen LogP contribution in [0.5, 0.6) is 0 Å². The number of fused-ring (bicyclic) bond motifs is 2. The number of halogens is 1. The van der Waals surface area contributed by atoms with Crippen LogP contribution in [0.2, 0.25) is 0 Å². The molecule has 3 aliphatic rings. The first kappa shape index (κ1) is 9.69. The minimum Gasteiger partial charge on any atom is -0.0884 e. The molecule has 0 nitrogen and oxygen atoms in total. The van der Waals surface area contributed by atoms with Crippen molar-refractivity contribution in [3.8, 4) is 0 Å². The second kappa shape index (κ2) is 3.50. The fourth-order valence-corrected chi connectivity index (χ4v) is 5.93. The van der Waals surface area contributed by atoms with Gasteiger partial charge in [-0.25, -0.2) is 0 Å². The molecule has 3 rings (SSSR count). The summed E-state index contributed by atoms with van der Waals surface area (Å²) >= 11 is 4.03. The van der Waals surface area contributed by atoms with Gasteiger partial charge in [-0.3, -0.25) is 0 Å². The highest BCUT2D eigenvalue weighted by Gasteiger charge is 2.48. The van der Waals surface area contributed by atoms with Gasteiger partial charge in [0.25, 0.3) is 0 Å². The average Bonchev–Trinajstić information content (AvgIpc) is 2.71. The Kier molecular flexibility index (Phi) is 2.42. The van der Waals surface area contributed by atoms with Gasteiger partial charge in [-0.1, -0.05) is 35.7 Å². The van der Waals surface area contributed by atoms with E-state index in [1.807, 2.05) is 0 Å². The molecule has 0 amide bonds. The Bertz CT molecular complexity index is 225. The van der Waals surface area contributed by atoms with Crippen molar-refractivity contribution >= 4 is 15.9 Å². The zero-order valence-electron chi connectivity index (χ0n) is 9.08. The second-order valence-electron chi connectivity index (χ2n) is 6.04. The normalized spacial score (nSPS) is 57.0. The van der Waals surface area contributed by atoms with E-state index in [0.717, 1.165) is 34.4 Å². The van der Waals surface area contributed by atoms with Crippen molar-refractivity contribution in [2.75, 3.05) is 0 Å². The molecule has 1 heteroatoms. The van der Waals surface area contributed by atoms with Crippen LogP contribution in [-0.4, -0.2) is 4.83 Å². The lowest BCUT2D eigenvalue weighted by molar-refractivity contribution is 0.169. The molecular formula is C13H21Br. The van der Waals surface area contributed by atoms with Crippen LogP contribution in [0, 0.1) is 29.6 Å². The third-order valence-corrected chi connectivity index (χ3v) is 6.48. The van der Waals surface area contributed by atoms with Crippen LogP contribution in [0.3, 0.4) is 0 Å². The predicted molar refractivity (Wildman–Crippen MR) is 63.5 cm³/mol. The molecule has 14 heavy (non-hydrogen) atoms. The van der Waals surface area contributed by atoms with E-state index in [4.69, 9.17) is 0 Å². The van der Waals surface area contributed by atoms with Crippen LogP contribution < -0.4 is 0 Å². The first-order valence-electron chi connectivity index (χ1n) is 6.39. The van der Waals surface area contributed by atoms with E-state index in [9.17, 15) is 0 Å². The van der Waals surface area contributed by atoms with E-state index in [-0.39, 0.29) is 0 Å². The summed E-state index contributed by atoms with van der Waals surface area (Å²) in [5, 5.41) is 0. The Morgan fingerprint density at radius 2 is 1.79 bits per heavy atom. The molecule has 0 aromatic rings. The highest BCUT2D eigenvalue weighted by Crippen LogP contribution is 2.55. The van der Waals surface area contributed by atoms with Crippen molar-refractivity contribution in [2.24, 2.45) is 29.6 Å². The van der Waals surface area contributed by atoms with Crippen LogP contribution in [0.4, 0.5) is 0 Å². The van der Waals surface area contributed by atoms with Gasteiger partial charge >= 0.3 is 0 Å². The van der Waals surface area contributed by atoms with E-state index in [1.165, 1.54) is 32.1 Å². The van der Waals surface area contributed by atoms with Crippen molar-refractivity contribution in [1.29, 1.82) is 0 Å². The van der Waals surface area contributed by atoms with Crippen molar-refractivity contribution in [1.82, 2.24) is 0 Å². The van der Waals surface area contributed by atoms with Gasteiger partial charge in [0.1, 0.15) is 0 Å². The van der Waals surface area contributed by atoms with Crippen LogP contribution in [-0.2, 0) is 0 Å². The Morgan fingerprint density at radius 1 is 0.929 bits per heavy atom. The van der Waals surface area contributed by atoms with Gasteiger partial charge in [-0.2, -0.15) is 0 Å². The topological polar surface area (TPSA) is 0 Å². The molecule has 3 saturated carbocycles. The van der Waals surface area contributed by atoms with E-state index < -0.39 is 0 Å². The van der Waals surface area contributed by atoms with Crippen molar-refractivity contribution in [2.45, 2.75) is 50.3 Å². The summed E-state index contributed by atoms with van der Waals surface area (Å²) in [7, 11) is 0. The van der Waals surface area contributed by atoms with Crippen LogP contribution in [0.25, 0.3) is 0 Å². The molecule has 0 N–H and O–H groups in total. The maximum absolute atomic E-state index is 4.03. The summed E-state index contributed by atoms with van der Waals surface area (Å²) in [5.41, 5.74) is 0. The highest BCUT2D eigenvalue weighted by atomic mass is 79.9. The van der Waals surface area contributed by atoms with Crippen LogP contribution >= 0.6 is 15.9 Å². The number of alkyl halides is 1. The fraction of sp³-hybridized carbons (Fsp3) is 1.00. The monoisotopic (exact) mass is 256 g/mol. The summed E-state index contributed by atoms with van der Waals surface area (Å²) in [6, 6.07) is 0. The lowest BCUT2D eigenvalue weighted by Crippen LogP contribution is -2.35. The molecular weight excluding hydrogens is 236 g/mol. The lowest BCUT2D eigenvalue weighted by atomic mass is 9.71. The van der Waals surface area contributed by atoms with Gasteiger partial charge in [-0.15, -0.1) is 0 Å². The largest absolute Gasteiger partial charge is 0.0884 e.